The van der Waals surface area contributed by atoms with Crippen molar-refractivity contribution in [2.45, 2.75) is 6.92 Å². The molecule has 0 saturated carbocycles. The maximum absolute atomic E-state index is 8.51. The van der Waals surface area contributed by atoms with Crippen LogP contribution in [0.5, 0.6) is 5.75 Å². The SMILES string of the molecule is CCOCOc1ccc(/C(N)=N/O)c(Cl)c1. The molecule has 0 aliphatic rings. The Morgan fingerprint density at radius 1 is 1.56 bits per heavy atom. The Bertz CT molecular complexity index is 382. The van der Waals surface area contributed by atoms with Gasteiger partial charge < -0.3 is 20.4 Å². The highest BCUT2D eigenvalue weighted by atomic mass is 35.5. The average Bonchev–Trinajstić information content (AvgIpc) is 2.29. The van der Waals surface area contributed by atoms with Crippen LogP contribution in [0.15, 0.2) is 23.4 Å². The summed E-state index contributed by atoms with van der Waals surface area (Å²) in [6, 6.07) is 4.85. The normalized spacial score (nSPS) is 11.5. The Balaban J connectivity index is 2.75. The molecule has 0 amide bonds. The molecule has 0 spiro atoms. The number of hydrogen-bond donors (Lipinski definition) is 2. The zero-order valence-electron chi connectivity index (χ0n) is 8.81. The van der Waals surface area contributed by atoms with E-state index in [9.17, 15) is 0 Å². The van der Waals surface area contributed by atoms with Crippen LogP contribution < -0.4 is 10.5 Å². The van der Waals surface area contributed by atoms with Crippen molar-refractivity contribution in [3.05, 3.63) is 28.8 Å². The second-order valence-electron chi connectivity index (χ2n) is 2.88. The summed E-state index contributed by atoms with van der Waals surface area (Å²) in [6.07, 6.45) is 0. The summed E-state index contributed by atoms with van der Waals surface area (Å²) in [5.41, 5.74) is 5.87. The number of nitrogens with zero attached hydrogens (tertiary/aromatic N) is 1. The van der Waals surface area contributed by atoms with Crippen LogP contribution in [-0.2, 0) is 4.74 Å². The van der Waals surface area contributed by atoms with E-state index < -0.39 is 0 Å². The summed E-state index contributed by atoms with van der Waals surface area (Å²) in [6.45, 7) is 2.61. The fourth-order valence-corrected chi connectivity index (χ4v) is 1.31. The lowest BCUT2D eigenvalue weighted by atomic mass is 10.2. The van der Waals surface area contributed by atoms with Crippen molar-refractivity contribution in [3.63, 3.8) is 0 Å². The van der Waals surface area contributed by atoms with Crippen LogP contribution in [0.2, 0.25) is 5.02 Å². The number of benzene rings is 1. The third kappa shape index (κ3) is 3.29. The number of ether oxygens (including phenoxy) is 2. The molecule has 1 rings (SSSR count). The van der Waals surface area contributed by atoms with Crippen LogP contribution in [0, 0.1) is 0 Å². The first-order valence-corrected chi connectivity index (χ1v) is 5.04. The average molecular weight is 245 g/mol. The predicted molar refractivity (Wildman–Crippen MR) is 61.1 cm³/mol. The van der Waals surface area contributed by atoms with Crippen LogP contribution in [-0.4, -0.2) is 24.4 Å². The lowest BCUT2D eigenvalue weighted by Gasteiger charge is -2.08. The van der Waals surface area contributed by atoms with Crippen molar-refractivity contribution in [2.24, 2.45) is 10.9 Å². The first-order chi connectivity index (χ1) is 7.69. The lowest BCUT2D eigenvalue weighted by Crippen LogP contribution is -2.13. The molecule has 1 aromatic carbocycles. The van der Waals surface area contributed by atoms with Gasteiger partial charge >= 0.3 is 0 Å². The van der Waals surface area contributed by atoms with Gasteiger partial charge in [-0.2, -0.15) is 0 Å². The zero-order chi connectivity index (χ0) is 12.0. The number of rotatable bonds is 5. The molecule has 0 aliphatic heterocycles. The highest BCUT2D eigenvalue weighted by Gasteiger charge is 2.06. The predicted octanol–water partition coefficient (Wildman–Crippen LogP) is 1.81. The van der Waals surface area contributed by atoms with Gasteiger partial charge in [-0.25, -0.2) is 0 Å². The van der Waals surface area contributed by atoms with Crippen LogP contribution in [0.4, 0.5) is 0 Å². The van der Waals surface area contributed by atoms with E-state index in [2.05, 4.69) is 5.16 Å². The summed E-state index contributed by atoms with van der Waals surface area (Å²) in [5, 5.41) is 11.7. The van der Waals surface area contributed by atoms with Gasteiger partial charge in [-0.1, -0.05) is 16.8 Å². The summed E-state index contributed by atoms with van der Waals surface area (Å²) in [4.78, 5) is 0. The van der Waals surface area contributed by atoms with Gasteiger partial charge in [0.15, 0.2) is 12.6 Å². The highest BCUT2D eigenvalue weighted by Crippen LogP contribution is 2.22. The molecule has 5 nitrogen and oxygen atoms in total. The third-order valence-corrected chi connectivity index (χ3v) is 2.15. The minimum Gasteiger partial charge on any atom is -0.468 e. The minimum atomic E-state index is -0.0404. The van der Waals surface area contributed by atoms with Crippen molar-refractivity contribution in [1.82, 2.24) is 0 Å². The molecule has 0 saturated heterocycles. The van der Waals surface area contributed by atoms with Gasteiger partial charge in [0.05, 0.1) is 5.02 Å². The fourth-order valence-electron chi connectivity index (χ4n) is 1.04. The maximum atomic E-state index is 8.51. The standard InChI is InChI=1S/C10H13ClN2O3/c1-2-15-6-16-7-3-4-8(9(11)5-7)10(12)13-14/h3-5,14H,2,6H2,1H3,(H2,12,13). The molecule has 6 heteroatoms. The van der Waals surface area contributed by atoms with Gasteiger partial charge in [-0.3, -0.25) is 0 Å². The summed E-state index contributed by atoms with van der Waals surface area (Å²) < 4.78 is 10.3. The largest absolute Gasteiger partial charge is 0.468 e. The molecule has 16 heavy (non-hydrogen) atoms. The zero-order valence-corrected chi connectivity index (χ0v) is 9.57. The molecular weight excluding hydrogens is 232 g/mol. The Hall–Kier alpha value is -1.46. The van der Waals surface area contributed by atoms with Crippen molar-refractivity contribution in [2.75, 3.05) is 13.4 Å². The van der Waals surface area contributed by atoms with Gasteiger partial charge in [-0.05, 0) is 25.1 Å². The molecule has 1 aromatic rings. The number of oxime groups is 1. The molecule has 3 N–H and O–H groups in total. The molecule has 0 fully saturated rings. The van der Waals surface area contributed by atoms with E-state index in [-0.39, 0.29) is 12.6 Å². The van der Waals surface area contributed by atoms with Crippen LogP contribution in [0.25, 0.3) is 0 Å². The molecule has 0 heterocycles. The topological polar surface area (TPSA) is 77.1 Å². The number of halogens is 1. The second-order valence-corrected chi connectivity index (χ2v) is 3.29. The third-order valence-electron chi connectivity index (χ3n) is 1.84. The second kappa shape index (κ2) is 6.19. The van der Waals surface area contributed by atoms with Gasteiger partial charge in [0.25, 0.3) is 0 Å². The molecule has 0 atom stereocenters. The first kappa shape index (κ1) is 12.6. The molecule has 0 unspecified atom stereocenters. The van der Waals surface area contributed by atoms with Crippen LogP contribution >= 0.6 is 11.6 Å². The smallest absolute Gasteiger partial charge is 0.189 e. The Morgan fingerprint density at radius 2 is 2.31 bits per heavy atom. The van der Waals surface area contributed by atoms with E-state index in [0.29, 0.717) is 22.9 Å². The minimum absolute atomic E-state index is 0.0404. The number of amidine groups is 1. The van der Waals surface area contributed by atoms with Gasteiger partial charge in [0.1, 0.15) is 5.75 Å². The van der Waals surface area contributed by atoms with Gasteiger partial charge in [0.2, 0.25) is 0 Å². The monoisotopic (exact) mass is 244 g/mol. The fraction of sp³-hybridized carbons (Fsp3) is 0.300. The summed E-state index contributed by atoms with van der Waals surface area (Å²) in [7, 11) is 0. The summed E-state index contributed by atoms with van der Waals surface area (Å²) >= 11 is 5.92. The van der Waals surface area contributed by atoms with E-state index in [1.807, 2.05) is 6.92 Å². The van der Waals surface area contributed by atoms with Gasteiger partial charge in [0, 0.05) is 12.2 Å². The quantitative estimate of drug-likeness (QED) is 0.207. The van der Waals surface area contributed by atoms with Gasteiger partial charge in [-0.15, -0.1) is 0 Å². The summed E-state index contributed by atoms with van der Waals surface area (Å²) in [5.74, 6) is 0.522. The lowest BCUT2D eigenvalue weighted by molar-refractivity contribution is 0.0224. The van der Waals surface area contributed by atoms with Crippen molar-refractivity contribution in [1.29, 1.82) is 0 Å². The van der Waals surface area contributed by atoms with E-state index in [0.717, 1.165) is 0 Å². The maximum Gasteiger partial charge on any atom is 0.189 e. The Labute approximate surface area is 98.4 Å². The Morgan fingerprint density at radius 3 is 2.88 bits per heavy atom. The highest BCUT2D eigenvalue weighted by molar-refractivity contribution is 6.34. The number of nitrogens with two attached hydrogens (primary N) is 1. The molecule has 0 bridgehead atoms. The number of hydrogen-bond acceptors (Lipinski definition) is 4. The Kier molecular flexibility index (Phi) is 4.88. The molecule has 0 radical (unpaired) electrons. The van der Waals surface area contributed by atoms with Crippen molar-refractivity contribution < 1.29 is 14.7 Å². The van der Waals surface area contributed by atoms with E-state index in [1.54, 1.807) is 18.2 Å². The van der Waals surface area contributed by atoms with E-state index in [4.69, 9.17) is 32.0 Å². The molecule has 0 aromatic heterocycles. The van der Waals surface area contributed by atoms with Crippen LogP contribution in [0.3, 0.4) is 0 Å². The first-order valence-electron chi connectivity index (χ1n) is 4.67. The molecule has 88 valence electrons. The van der Waals surface area contributed by atoms with Crippen LogP contribution in [0.1, 0.15) is 12.5 Å². The van der Waals surface area contributed by atoms with Crippen molar-refractivity contribution in [3.8, 4) is 5.75 Å². The van der Waals surface area contributed by atoms with E-state index in [1.165, 1.54) is 0 Å². The molecule has 0 aliphatic carbocycles. The van der Waals surface area contributed by atoms with Crippen molar-refractivity contribution >= 4 is 17.4 Å². The van der Waals surface area contributed by atoms with E-state index >= 15 is 0 Å². The molecular formula is C10H13ClN2O3.